The quantitative estimate of drug-likeness (QED) is 0.836. The number of aromatic nitrogens is 2. The van der Waals surface area contributed by atoms with Gasteiger partial charge in [0.1, 0.15) is 0 Å². The van der Waals surface area contributed by atoms with Gasteiger partial charge < -0.3 is 15.4 Å². The molecule has 0 bridgehead atoms. The summed E-state index contributed by atoms with van der Waals surface area (Å²) in [6.45, 7) is 2.11. The molecule has 3 N–H and O–H groups in total. The summed E-state index contributed by atoms with van der Waals surface area (Å²) in [4.78, 5) is 4.12. The van der Waals surface area contributed by atoms with Crippen LogP contribution in [0.1, 0.15) is 24.2 Å². The lowest BCUT2D eigenvalue weighted by Crippen LogP contribution is -2.10. The summed E-state index contributed by atoms with van der Waals surface area (Å²) in [6.07, 6.45) is 4.23. The monoisotopic (exact) mass is 231 g/mol. The summed E-state index contributed by atoms with van der Waals surface area (Å²) in [7, 11) is 0. The summed E-state index contributed by atoms with van der Waals surface area (Å²) >= 11 is 0. The maximum absolute atomic E-state index is 8.86. The number of rotatable bonds is 4. The van der Waals surface area contributed by atoms with E-state index in [1.165, 1.54) is 0 Å². The van der Waals surface area contributed by atoms with Gasteiger partial charge in [-0.15, -0.1) is 0 Å². The number of nitrogens with zero attached hydrogens (tertiary/aromatic N) is 2. The fourth-order valence-electron chi connectivity index (χ4n) is 1.81. The Kier molecular flexibility index (Phi) is 3.56. The standard InChI is InChI=1S/C13H17N3O/c1-10(14)13-8-15-9-16(13)12-4-2-11(3-5-12)6-7-17/h2-5,8-10,17H,6-7,14H2,1H3/t10-/m1/s1. The van der Waals surface area contributed by atoms with E-state index in [1.807, 2.05) is 35.8 Å². The lowest BCUT2D eigenvalue weighted by atomic mass is 10.1. The lowest BCUT2D eigenvalue weighted by molar-refractivity contribution is 0.299. The third-order valence-corrected chi connectivity index (χ3v) is 2.75. The highest BCUT2D eigenvalue weighted by Gasteiger charge is 2.07. The van der Waals surface area contributed by atoms with Crippen LogP contribution in [0.5, 0.6) is 0 Å². The minimum absolute atomic E-state index is 0.0466. The van der Waals surface area contributed by atoms with Gasteiger partial charge in [-0.25, -0.2) is 4.98 Å². The van der Waals surface area contributed by atoms with Crippen molar-refractivity contribution in [3.63, 3.8) is 0 Å². The van der Waals surface area contributed by atoms with Crippen LogP contribution in [0.15, 0.2) is 36.8 Å². The summed E-state index contributed by atoms with van der Waals surface area (Å²) in [5.41, 5.74) is 9.03. The first-order valence-electron chi connectivity index (χ1n) is 5.70. The highest BCUT2D eigenvalue weighted by atomic mass is 16.2. The van der Waals surface area contributed by atoms with Crippen molar-refractivity contribution in [1.82, 2.24) is 9.55 Å². The molecule has 0 aliphatic rings. The summed E-state index contributed by atoms with van der Waals surface area (Å²) in [5, 5.41) is 8.86. The first-order chi connectivity index (χ1) is 8.22. The molecular formula is C13H17N3O. The Morgan fingerprint density at radius 2 is 2.06 bits per heavy atom. The Morgan fingerprint density at radius 3 is 2.65 bits per heavy atom. The van der Waals surface area contributed by atoms with Crippen molar-refractivity contribution < 1.29 is 5.11 Å². The highest BCUT2D eigenvalue weighted by Crippen LogP contribution is 2.16. The van der Waals surface area contributed by atoms with Crippen molar-refractivity contribution in [3.8, 4) is 5.69 Å². The summed E-state index contributed by atoms with van der Waals surface area (Å²) in [6, 6.07) is 8.00. The normalized spacial score (nSPS) is 12.6. The molecule has 17 heavy (non-hydrogen) atoms. The fraction of sp³-hybridized carbons (Fsp3) is 0.308. The van der Waals surface area contributed by atoms with Crippen LogP contribution in [-0.2, 0) is 6.42 Å². The molecule has 1 heterocycles. The van der Waals surface area contributed by atoms with Crippen LogP contribution in [0, 0.1) is 0 Å². The van der Waals surface area contributed by atoms with E-state index in [4.69, 9.17) is 10.8 Å². The zero-order chi connectivity index (χ0) is 12.3. The zero-order valence-corrected chi connectivity index (χ0v) is 9.87. The van der Waals surface area contributed by atoms with Gasteiger partial charge in [0, 0.05) is 18.3 Å². The largest absolute Gasteiger partial charge is 0.396 e. The molecule has 0 saturated heterocycles. The van der Waals surface area contributed by atoms with Crippen LogP contribution in [0.4, 0.5) is 0 Å². The van der Waals surface area contributed by atoms with Crippen molar-refractivity contribution in [2.45, 2.75) is 19.4 Å². The van der Waals surface area contributed by atoms with Crippen molar-refractivity contribution >= 4 is 0 Å². The van der Waals surface area contributed by atoms with Crippen LogP contribution in [0.25, 0.3) is 5.69 Å². The number of hydrogen-bond donors (Lipinski definition) is 2. The molecule has 4 nitrogen and oxygen atoms in total. The molecule has 1 atom stereocenters. The van der Waals surface area contributed by atoms with Crippen LogP contribution in [0.2, 0.25) is 0 Å². The predicted octanol–water partition coefficient (Wildman–Crippen LogP) is 1.43. The first kappa shape index (κ1) is 11.8. The summed E-state index contributed by atoms with van der Waals surface area (Å²) in [5.74, 6) is 0. The molecule has 2 rings (SSSR count). The number of benzene rings is 1. The van der Waals surface area contributed by atoms with Gasteiger partial charge in [0.2, 0.25) is 0 Å². The SMILES string of the molecule is C[C@@H](N)c1cncn1-c1ccc(CCO)cc1. The minimum Gasteiger partial charge on any atom is -0.396 e. The molecule has 0 amide bonds. The smallest absolute Gasteiger partial charge is 0.0994 e. The topological polar surface area (TPSA) is 64.1 Å². The van der Waals surface area contributed by atoms with Crippen LogP contribution < -0.4 is 5.73 Å². The molecule has 1 aromatic heterocycles. The van der Waals surface area contributed by atoms with E-state index in [2.05, 4.69) is 4.98 Å². The minimum atomic E-state index is -0.0466. The average Bonchev–Trinajstić information content (AvgIpc) is 2.79. The number of aliphatic hydroxyl groups is 1. The third kappa shape index (κ3) is 2.54. The van der Waals surface area contributed by atoms with Gasteiger partial charge in [0.15, 0.2) is 0 Å². The molecule has 0 radical (unpaired) electrons. The van der Waals surface area contributed by atoms with E-state index < -0.39 is 0 Å². The maximum atomic E-state index is 8.86. The molecule has 90 valence electrons. The van der Waals surface area contributed by atoms with E-state index in [1.54, 1.807) is 12.5 Å². The second-order valence-corrected chi connectivity index (χ2v) is 4.12. The van der Waals surface area contributed by atoms with E-state index in [9.17, 15) is 0 Å². The van der Waals surface area contributed by atoms with E-state index in [-0.39, 0.29) is 12.6 Å². The van der Waals surface area contributed by atoms with Gasteiger partial charge in [0.05, 0.1) is 18.2 Å². The zero-order valence-electron chi connectivity index (χ0n) is 9.87. The van der Waals surface area contributed by atoms with Crippen molar-refractivity contribution in [2.75, 3.05) is 6.61 Å². The molecule has 4 heteroatoms. The number of imidazole rings is 1. The van der Waals surface area contributed by atoms with Gasteiger partial charge >= 0.3 is 0 Å². The Balaban J connectivity index is 2.30. The van der Waals surface area contributed by atoms with Crippen molar-refractivity contribution in [1.29, 1.82) is 0 Å². The van der Waals surface area contributed by atoms with E-state index in [0.717, 1.165) is 16.9 Å². The maximum Gasteiger partial charge on any atom is 0.0994 e. The molecular weight excluding hydrogens is 214 g/mol. The third-order valence-electron chi connectivity index (χ3n) is 2.75. The molecule has 0 unspecified atom stereocenters. The summed E-state index contributed by atoms with van der Waals surface area (Å²) < 4.78 is 1.98. The number of hydrogen-bond acceptors (Lipinski definition) is 3. The van der Waals surface area contributed by atoms with Crippen molar-refractivity contribution in [3.05, 3.63) is 48.0 Å². The van der Waals surface area contributed by atoms with Crippen LogP contribution >= 0.6 is 0 Å². The van der Waals surface area contributed by atoms with Crippen LogP contribution in [-0.4, -0.2) is 21.3 Å². The fourth-order valence-corrected chi connectivity index (χ4v) is 1.81. The lowest BCUT2D eigenvalue weighted by Gasteiger charge is -2.11. The van der Waals surface area contributed by atoms with Gasteiger partial charge in [-0.2, -0.15) is 0 Å². The molecule has 0 aliphatic heterocycles. The molecule has 0 saturated carbocycles. The molecule has 0 spiro atoms. The average molecular weight is 231 g/mol. The van der Waals surface area contributed by atoms with Gasteiger partial charge in [-0.05, 0) is 31.0 Å². The van der Waals surface area contributed by atoms with Crippen molar-refractivity contribution in [2.24, 2.45) is 5.73 Å². The Labute approximate surface area is 101 Å². The second kappa shape index (κ2) is 5.12. The van der Waals surface area contributed by atoms with Crippen LogP contribution in [0.3, 0.4) is 0 Å². The molecule has 1 aromatic carbocycles. The Bertz CT molecular complexity index is 474. The van der Waals surface area contributed by atoms with E-state index >= 15 is 0 Å². The molecule has 0 aliphatic carbocycles. The first-order valence-corrected chi connectivity index (χ1v) is 5.70. The van der Waals surface area contributed by atoms with Gasteiger partial charge in [-0.3, -0.25) is 0 Å². The van der Waals surface area contributed by atoms with E-state index in [0.29, 0.717) is 6.42 Å². The molecule has 2 aromatic rings. The highest BCUT2D eigenvalue weighted by molar-refractivity contribution is 5.36. The number of nitrogens with two attached hydrogens (primary N) is 1. The number of aliphatic hydroxyl groups excluding tert-OH is 1. The second-order valence-electron chi connectivity index (χ2n) is 4.12. The van der Waals surface area contributed by atoms with Gasteiger partial charge in [0.25, 0.3) is 0 Å². The Morgan fingerprint density at radius 1 is 1.35 bits per heavy atom. The predicted molar refractivity (Wildman–Crippen MR) is 67.0 cm³/mol. The molecule has 0 fully saturated rings. The Hall–Kier alpha value is -1.65. The van der Waals surface area contributed by atoms with Gasteiger partial charge in [-0.1, -0.05) is 12.1 Å².